The van der Waals surface area contributed by atoms with Gasteiger partial charge in [0.2, 0.25) is 5.91 Å². The molecular weight excluding hydrogens is 315 g/mol. The fourth-order valence-corrected chi connectivity index (χ4v) is 2.33. The van der Waals surface area contributed by atoms with Crippen LogP contribution in [0.4, 0.5) is 10.2 Å². The number of nitrogens with zero attached hydrogens (tertiary/aromatic N) is 2. The lowest BCUT2D eigenvalue weighted by Gasteiger charge is -2.15. The monoisotopic (exact) mass is 330 g/mol. The van der Waals surface area contributed by atoms with Crippen molar-refractivity contribution in [1.29, 1.82) is 0 Å². The summed E-state index contributed by atoms with van der Waals surface area (Å²) < 4.78 is 18.5. The van der Waals surface area contributed by atoms with Crippen LogP contribution in [0.3, 0.4) is 0 Å². The van der Waals surface area contributed by atoms with Crippen LogP contribution in [0.1, 0.15) is 16.2 Å². The van der Waals surface area contributed by atoms with Crippen LogP contribution in [0.15, 0.2) is 34.9 Å². The molecule has 7 nitrogen and oxygen atoms in total. The lowest BCUT2D eigenvalue weighted by atomic mass is 10.2. The first kappa shape index (κ1) is 15.7. The molecule has 0 bridgehead atoms. The summed E-state index contributed by atoms with van der Waals surface area (Å²) in [6, 6.07) is 7.55. The fraction of sp³-hybridized carbons (Fsp3) is 0.188. The zero-order valence-corrected chi connectivity index (χ0v) is 13.1. The third-order valence-electron chi connectivity index (χ3n) is 3.46. The Bertz CT molecular complexity index is 915. The first-order valence-corrected chi connectivity index (χ1v) is 7.20. The number of hydrogen-bond donors (Lipinski definition) is 2. The summed E-state index contributed by atoms with van der Waals surface area (Å²) in [6.45, 7) is 1.52. The second kappa shape index (κ2) is 6.15. The number of halogens is 1. The van der Waals surface area contributed by atoms with Gasteiger partial charge in [-0.15, -0.1) is 0 Å². The molecular formula is C16H15FN4O3. The molecule has 124 valence electrons. The van der Waals surface area contributed by atoms with Gasteiger partial charge in [0.1, 0.15) is 17.3 Å². The van der Waals surface area contributed by atoms with E-state index >= 15 is 0 Å². The standard InChI is InChI=1S/C16H15FN4O3/c1-9-6-14(20-24-9)19-15(22)8-21(2)16(23)13-7-10-11(17)4-3-5-12(10)18-13/h3-7,18H,8H2,1-2H3,(H,19,20,22). The largest absolute Gasteiger partial charge is 0.360 e. The van der Waals surface area contributed by atoms with Crippen molar-refractivity contribution < 1.29 is 18.5 Å². The molecule has 8 heteroatoms. The summed E-state index contributed by atoms with van der Waals surface area (Å²) in [6.07, 6.45) is 0. The van der Waals surface area contributed by atoms with Crippen LogP contribution in [0.5, 0.6) is 0 Å². The van der Waals surface area contributed by atoms with E-state index in [1.165, 1.54) is 24.1 Å². The number of anilines is 1. The van der Waals surface area contributed by atoms with E-state index in [4.69, 9.17) is 4.52 Å². The third kappa shape index (κ3) is 3.12. The summed E-state index contributed by atoms with van der Waals surface area (Å²) >= 11 is 0. The van der Waals surface area contributed by atoms with E-state index in [1.807, 2.05) is 0 Å². The highest BCUT2D eigenvalue weighted by Gasteiger charge is 2.18. The molecule has 1 aromatic carbocycles. The Morgan fingerprint density at radius 3 is 2.83 bits per heavy atom. The number of aryl methyl sites for hydroxylation is 1. The number of benzene rings is 1. The molecule has 0 unspecified atom stereocenters. The Balaban J connectivity index is 1.69. The van der Waals surface area contributed by atoms with Crippen LogP contribution in [0, 0.1) is 12.7 Å². The predicted octanol–water partition coefficient (Wildman–Crippen LogP) is 2.31. The van der Waals surface area contributed by atoms with Crippen molar-refractivity contribution in [2.75, 3.05) is 18.9 Å². The Labute approximate surface area is 136 Å². The molecule has 2 amide bonds. The van der Waals surface area contributed by atoms with Crippen LogP contribution in [-0.2, 0) is 4.79 Å². The minimum Gasteiger partial charge on any atom is -0.360 e. The van der Waals surface area contributed by atoms with E-state index in [-0.39, 0.29) is 18.1 Å². The quantitative estimate of drug-likeness (QED) is 0.768. The number of aromatic amines is 1. The highest BCUT2D eigenvalue weighted by molar-refractivity contribution is 6.01. The highest BCUT2D eigenvalue weighted by Crippen LogP contribution is 2.19. The SMILES string of the molecule is Cc1cc(NC(=O)CN(C)C(=O)c2cc3c(F)cccc3[nH]2)no1. The maximum absolute atomic E-state index is 13.7. The van der Waals surface area contributed by atoms with Gasteiger partial charge in [0.05, 0.1) is 6.54 Å². The molecule has 2 heterocycles. The number of H-pyrrole nitrogens is 1. The predicted molar refractivity (Wildman–Crippen MR) is 85.1 cm³/mol. The number of carbonyl (C=O) groups is 2. The van der Waals surface area contributed by atoms with Gasteiger partial charge in [-0.2, -0.15) is 0 Å². The Hall–Kier alpha value is -3.16. The lowest BCUT2D eigenvalue weighted by Crippen LogP contribution is -2.35. The second-order valence-electron chi connectivity index (χ2n) is 5.42. The molecule has 0 aliphatic heterocycles. The summed E-state index contributed by atoms with van der Waals surface area (Å²) in [4.78, 5) is 28.4. The molecule has 2 aromatic heterocycles. The Morgan fingerprint density at radius 2 is 2.17 bits per heavy atom. The van der Waals surface area contributed by atoms with Gasteiger partial charge in [0.15, 0.2) is 5.82 Å². The molecule has 0 aliphatic rings. The summed E-state index contributed by atoms with van der Waals surface area (Å²) in [5.74, 6) is -0.399. The van der Waals surface area contributed by atoms with Crippen molar-refractivity contribution in [1.82, 2.24) is 15.0 Å². The van der Waals surface area contributed by atoms with E-state index in [9.17, 15) is 14.0 Å². The van der Waals surface area contributed by atoms with E-state index < -0.39 is 17.6 Å². The second-order valence-corrected chi connectivity index (χ2v) is 5.42. The molecule has 3 aromatic rings. The Morgan fingerprint density at radius 1 is 1.38 bits per heavy atom. The van der Waals surface area contributed by atoms with E-state index in [0.717, 1.165) is 0 Å². The van der Waals surface area contributed by atoms with Gasteiger partial charge < -0.3 is 19.7 Å². The molecule has 0 atom stereocenters. The molecule has 0 saturated heterocycles. The number of amides is 2. The lowest BCUT2D eigenvalue weighted by molar-refractivity contribution is -0.116. The van der Waals surface area contributed by atoms with Gasteiger partial charge in [-0.1, -0.05) is 11.2 Å². The molecule has 0 fully saturated rings. The fourth-order valence-electron chi connectivity index (χ4n) is 2.33. The number of hydrogen-bond acceptors (Lipinski definition) is 4. The molecule has 0 spiro atoms. The van der Waals surface area contributed by atoms with Gasteiger partial charge in [-0.3, -0.25) is 9.59 Å². The normalized spacial score (nSPS) is 10.8. The minimum atomic E-state index is -0.419. The smallest absolute Gasteiger partial charge is 0.270 e. The molecule has 3 rings (SSSR count). The zero-order chi connectivity index (χ0) is 17.3. The van der Waals surface area contributed by atoms with Crippen LogP contribution in [-0.4, -0.2) is 40.4 Å². The molecule has 0 radical (unpaired) electrons. The Kier molecular flexibility index (Phi) is 4.03. The summed E-state index contributed by atoms with van der Waals surface area (Å²) in [7, 11) is 1.48. The van der Waals surface area contributed by atoms with Crippen LogP contribution >= 0.6 is 0 Å². The van der Waals surface area contributed by atoms with Crippen molar-refractivity contribution in [3.05, 3.63) is 47.6 Å². The van der Waals surface area contributed by atoms with Crippen LogP contribution in [0.25, 0.3) is 10.9 Å². The van der Waals surface area contributed by atoms with Gasteiger partial charge >= 0.3 is 0 Å². The highest BCUT2D eigenvalue weighted by atomic mass is 19.1. The maximum Gasteiger partial charge on any atom is 0.270 e. The molecule has 24 heavy (non-hydrogen) atoms. The van der Waals surface area contributed by atoms with Crippen molar-refractivity contribution in [3.8, 4) is 0 Å². The summed E-state index contributed by atoms with van der Waals surface area (Å²) in [5.41, 5.74) is 0.733. The number of aromatic nitrogens is 2. The third-order valence-corrected chi connectivity index (χ3v) is 3.46. The first-order valence-electron chi connectivity index (χ1n) is 7.20. The number of rotatable bonds is 4. The molecule has 2 N–H and O–H groups in total. The van der Waals surface area contributed by atoms with Crippen molar-refractivity contribution in [2.45, 2.75) is 6.92 Å². The molecule has 0 saturated carbocycles. The zero-order valence-electron chi connectivity index (χ0n) is 13.1. The van der Waals surface area contributed by atoms with E-state index in [0.29, 0.717) is 16.7 Å². The average molecular weight is 330 g/mol. The number of likely N-dealkylation sites (N-methyl/N-ethyl adjacent to an activating group) is 1. The number of fused-ring (bicyclic) bond motifs is 1. The summed E-state index contributed by atoms with van der Waals surface area (Å²) in [5, 5.41) is 6.50. The van der Waals surface area contributed by atoms with Gasteiger partial charge in [-0.25, -0.2) is 4.39 Å². The minimum absolute atomic E-state index is 0.178. The van der Waals surface area contributed by atoms with Gasteiger partial charge in [0.25, 0.3) is 5.91 Å². The first-order chi connectivity index (χ1) is 11.4. The average Bonchev–Trinajstić information content (AvgIpc) is 3.13. The van der Waals surface area contributed by atoms with Crippen LogP contribution < -0.4 is 5.32 Å². The van der Waals surface area contributed by atoms with Crippen molar-refractivity contribution in [2.24, 2.45) is 0 Å². The molecule has 0 aliphatic carbocycles. The topological polar surface area (TPSA) is 91.2 Å². The van der Waals surface area contributed by atoms with E-state index in [1.54, 1.807) is 25.1 Å². The van der Waals surface area contributed by atoms with Crippen molar-refractivity contribution >= 4 is 28.5 Å². The number of nitrogens with one attached hydrogen (secondary N) is 2. The van der Waals surface area contributed by atoms with E-state index in [2.05, 4.69) is 15.5 Å². The van der Waals surface area contributed by atoms with Crippen molar-refractivity contribution in [3.63, 3.8) is 0 Å². The van der Waals surface area contributed by atoms with Gasteiger partial charge in [0, 0.05) is 24.0 Å². The van der Waals surface area contributed by atoms with Gasteiger partial charge in [-0.05, 0) is 25.1 Å². The van der Waals surface area contributed by atoms with Crippen LogP contribution in [0.2, 0.25) is 0 Å². The maximum atomic E-state index is 13.7. The number of carbonyl (C=O) groups excluding carboxylic acids is 2.